The lowest BCUT2D eigenvalue weighted by atomic mass is 9.76. The number of hydrogen-bond acceptors (Lipinski definition) is 2. The molecule has 1 heterocycles. The van der Waals surface area contributed by atoms with Crippen molar-refractivity contribution in [3.05, 3.63) is 35.4 Å². The molecular formula is C21H31NO2. The van der Waals surface area contributed by atoms with Gasteiger partial charge in [-0.15, -0.1) is 0 Å². The SMILES string of the molecule is CC(C)(C)[C@H]1CCC(=O)N(C[C@@]2(CO)CCc3ccccc32)CC1. The summed E-state index contributed by atoms with van der Waals surface area (Å²) in [6, 6.07) is 8.41. The third-order valence-electron chi connectivity index (χ3n) is 6.29. The number of aliphatic hydroxyl groups excluding tert-OH is 1. The summed E-state index contributed by atoms with van der Waals surface area (Å²) in [7, 11) is 0. The zero-order chi connectivity index (χ0) is 17.4. The summed E-state index contributed by atoms with van der Waals surface area (Å²) in [5.74, 6) is 0.853. The van der Waals surface area contributed by atoms with Gasteiger partial charge in [0.15, 0.2) is 0 Å². The monoisotopic (exact) mass is 329 g/mol. The molecule has 3 nitrogen and oxygen atoms in total. The van der Waals surface area contributed by atoms with Crippen LogP contribution < -0.4 is 0 Å². The molecule has 132 valence electrons. The summed E-state index contributed by atoms with van der Waals surface area (Å²) in [5.41, 5.74) is 2.57. The van der Waals surface area contributed by atoms with Gasteiger partial charge in [0.05, 0.1) is 6.61 Å². The Morgan fingerprint density at radius 2 is 1.96 bits per heavy atom. The van der Waals surface area contributed by atoms with Crippen molar-refractivity contribution >= 4 is 5.91 Å². The fourth-order valence-electron chi connectivity index (χ4n) is 4.58. The summed E-state index contributed by atoms with van der Waals surface area (Å²) in [5, 5.41) is 10.2. The van der Waals surface area contributed by atoms with E-state index in [-0.39, 0.29) is 23.3 Å². The van der Waals surface area contributed by atoms with Gasteiger partial charge in [-0.1, -0.05) is 45.0 Å². The lowest BCUT2D eigenvalue weighted by Gasteiger charge is -2.35. The maximum absolute atomic E-state index is 12.7. The molecule has 1 N–H and O–H groups in total. The van der Waals surface area contributed by atoms with Crippen LogP contribution in [0.2, 0.25) is 0 Å². The Labute approximate surface area is 146 Å². The quantitative estimate of drug-likeness (QED) is 0.921. The van der Waals surface area contributed by atoms with Crippen LogP contribution in [0, 0.1) is 11.3 Å². The first-order chi connectivity index (χ1) is 11.4. The molecule has 3 heteroatoms. The van der Waals surface area contributed by atoms with E-state index in [9.17, 15) is 9.90 Å². The van der Waals surface area contributed by atoms with Crippen LogP contribution in [0.3, 0.4) is 0 Å². The molecule has 1 aliphatic heterocycles. The van der Waals surface area contributed by atoms with Gasteiger partial charge in [0, 0.05) is 24.9 Å². The van der Waals surface area contributed by atoms with Crippen molar-refractivity contribution < 1.29 is 9.90 Å². The van der Waals surface area contributed by atoms with Crippen LogP contribution in [-0.4, -0.2) is 35.6 Å². The molecule has 0 radical (unpaired) electrons. The van der Waals surface area contributed by atoms with Crippen LogP contribution >= 0.6 is 0 Å². The van der Waals surface area contributed by atoms with E-state index in [1.165, 1.54) is 11.1 Å². The highest BCUT2D eigenvalue weighted by Crippen LogP contribution is 2.41. The Kier molecular flexibility index (Phi) is 4.74. The molecule has 1 aromatic carbocycles. The fourth-order valence-corrected chi connectivity index (χ4v) is 4.58. The minimum Gasteiger partial charge on any atom is -0.395 e. The van der Waals surface area contributed by atoms with Crippen molar-refractivity contribution in [2.45, 2.75) is 58.3 Å². The molecule has 0 unspecified atom stereocenters. The third-order valence-corrected chi connectivity index (χ3v) is 6.29. The number of nitrogens with zero attached hydrogens (tertiary/aromatic N) is 1. The van der Waals surface area contributed by atoms with Crippen LogP contribution in [-0.2, 0) is 16.6 Å². The highest BCUT2D eigenvalue weighted by Gasteiger charge is 2.41. The number of benzene rings is 1. The highest BCUT2D eigenvalue weighted by molar-refractivity contribution is 5.76. The smallest absolute Gasteiger partial charge is 0.222 e. The molecule has 0 spiro atoms. The Hall–Kier alpha value is -1.35. The summed E-state index contributed by atoms with van der Waals surface area (Å²) >= 11 is 0. The van der Waals surface area contributed by atoms with Crippen molar-refractivity contribution in [3.8, 4) is 0 Å². The summed E-state index contributed by atoms with van der Waals surface area (Å²) in [4.78, 5) is 14.7. The predicted octanol–water partition coefficient (Wildman–Crippen LogP) is 3.54. The largest absolute Gasteiger partial charge is 0.395 e. The summed E-state index contributed by atoms with van der Waals surface area (Å²) in [6.07, 6.45) is 4.64. The Morgan fingerprint density at radius 1 is 1.21 bits per heavy atom. The lowest BCUT2D eigenvalue weighted by molar-refractivity contribution is -0.131. The molecule has 0 bridgehead atoms. The highest BCUT2D eigenvalue weighted by atomic mass is 16.3. The summed E-state index contributed by atoms with van der Waals surface area (Å²) < 4.78 is 0. The molecule has 0 saturated carbocycles. The number of likely N-dealkylation sites (tertiary alicyclic amines) is 1. The molecule has 24 heavy (non-hydrogen) atoms. The maximum Gasteiger partial charge on any atom is 0.222 e. The van der Waals surface area contributed by atoms with E-state index in [1.807, 2.05) is 4.90 Å². The average Bonchev–Trinajstić information content (AvgIpc) is 2.80. The maximum atomic E-state index is 12.7. The van der Waals surface area contributed by atoms with Gasteiger partial charge in [-0.3, -0.25) is 4.79 Å². The number of aliphatic hydroxyl groups is 1. The summed E-state index contributed by atoms with van der Waals surface area (Å²) in [6.45, 7) is 8.44. The zero-order valence-corrected chi connectivity index (χ0v) is 15.3. The number of carbonyl (C=O) groups excluding carboxylic acids is 1. The first kappa shape index (κ1) is 17.5. The zero-order valence-electron chi connectivity index (χ0n) is 15.3. The predicted molar refractivity (Wildman–Crippen MR) is 96.9 cm³/mol. The normalized spacial score (nSPS) is 27.9. The van der Waals surface area contributed by atoms with E-state index in [0.717, 1.165) is 32.2 Å². The number of hydrogen-bond donors (Lipinski definition) is 1. The van der Waals surface area contributed by atoms with Gasteiger partial charge in [0.25, 0.3) is 0 Å². The standard InChI is InChI=1S/C21H31NO2/c1-20(2,3)17-8-9-19(24)22(13-11-17)14-21(15-23)12-10-16-6-4-5-7-18(16)21/h4-7,17,23H,8-15H2,1-3H3/t17-,21+/m0/s1. The molecule has 1 saturated heterocycles. The van der Waals surface area contributed by atoms with E-state index < -0.39 is 0 Å². The van der Waals surface area contributed by atoms with Gasteiger partial charge in [0.2, 0.25) is 5.91 Å². The fraction of sp³-hybridized carbons (Fsp3) is 0.667. The van der Waals surface area contributed by atoms with E-state index in [2.05, 4.69) is 45.0 Å². The van der Waals surface area contributed by atoms with Gasteiger partial charge >= 0.3 is 0 Å². The Balaban J connectivity index is 1.78. The van der Waals surface area contributed by atoms with Crippen molar-refractivity contribution in [3.63, 3.8) is 0 Å². The van der Waals surface area contributed by atoms with Crippen LogP contribution in [0.25, 0.3) is 0 Å². The number of aryl methyl sites for hydroxylation is 1. The van der Waals surface area contributed by atoms with E-state index in [0.29, 0.717) is 18.9 Å². The minimum absolute atomic E-state index is 0.122. The van der Waals surface area contributed by atoms with Gasteiger partial charge in [0.1, 0.15) is 0 Å². The molecule has 0 aromatic heterocycles. The van der Waals surface area contributed by atoms with Crippen LogP contribution in [0.1, 0.15) is 57.6 Å². The lowest BCUT2D eigenvalue weighted by Crippen LogP contribution is -2.45. The average molecular weight is 329 g/mol. The Morgan fingerprint density at radius 3 is 2.67 bits per heavy atom. The second kappa shape index (κ2) is 6.51. The van der Waals surface area contributed by atoms with Gasteiger partial charge in [-0.05, 0) is 48.1 Å². The van der Waals surface area contributed by atoms with Gasteiger partial charge in [-0.2, -0.15) is 0 Å². The number of carbonyl (C=O) groups is 1. The third kappa shape index (κ3) is 3.23. The molecule has 3 rings (SSSR count). The van der Waals surface area contributed by atoms with Crippen molar-refractivity contribution in [1.29, 1.82) is 0 Å². The van der Waals surface area contributed by atoms with Crippen LogP contribution in [0.15, 0.2) is 24.3 Å². The molecule has 2 aliphatic rings. The van der Waals surface area contributed by atoms with E-state index in [1.54, 1.807) is 0 Å². The van der Waals surface area contributed by atoms with Gasteiger partial charge < -0.3 is 10.0 Å². The second-order valence-corrected chi connectivity index (χ2v) is 8.80. The number of amides is 1. The molecule has 1 aromatic rings. The van der Waals surface area contributed by atoms with Crippen LogP contribution in [0.5, 0.6) is 0 Å². The van der Waals surface area contributed by atoms with E-state index in [4.69, 9.17) is 0 Å². The topological polar surface area (TPSA) is 40.5 Å². The minimum atomic E-state index is -0.270. The van der Waals surface area contributed by atoms with Crippen molar-refractivity contribution in [1.82, 2.24) is 4.90 Å². The first-order valence-electron chi connectivity index (χ1n) is 9.33. The first-order valence-corrected chi connectivity index (χ1v) is 9.33. The second-order valence-electron chi connectivity index (χ2n) is 8.80. The van der Waals surface area contributed by atoms with Crippen molar-refractivity contribution in [2.24, 2.45) is 11.3 Å². The number of rotatable bonds is 3. The van der Waals surface area contributed by atoms with Crippen molar-refractivity contribution in [2.75, 3.05) is 19.7 Å². The Bertz CT molecular complexity index is 604. The molecule has 1 aliphatic carbocycles. The molecule has 1 amide bonds. The van der Waals surface area contributed by atoms with E-state index >= 15 is 0 Å². The number of fused-ring (bicyclic) bond motifs is 1. The van der Waals surface area contributed by atoms with Gasteiger partial charge in [-0.25, -0.2) is 0 Å². The van der Waals surface area contributed by atoms with Crippen LogP contribution in [0.4, 0.5) is 0 Å². The molecule has 2 atom stereocenters. The molecular weight excluding hydrogens is 298 g/mol. The molecule has 1 fully saturated rings.